The van der Waals surface area contributed by atoms with Gasteiger partial charge in [-0.05, 0) is 80.6 Å². The molecule has 0 radical (unpaired) electrons. The third-order valence-corrected chi connectivity index (χ3v) is 8.56. The predicted octanol–water partition coefficient (Wildman–Crippen LogP) is 3.48. The Hall–Kier alpha value is -0.800. The highest BCUT2D eigenvalue weighted by molar-refractivity contribution is 8.93. The molecule has 8 heteroatoms. The van der Waals surface area contributed by atoms with Crippen molar-refractivity contribution >= 4 is 34.7 Å². The molecule has 4 rings (SSSR count). The number of methoxy groups -OCH3 is 1. The first-order chi connectivity index (χ1) is 14.9. The Kier molecular flexibility index (Phi) is 10.8. The summed E-state index contributed by atoms with van der Waals surface area (Å²) >= 11 is 1.45. The van der Waals surface area contributed by atoms with Gasteiger partial charge in [0.1, 0.15) is 11.8 Å². The molecule has 1 saturated heterocycles. The predicted molar refractivity (Wildman–Crippen MR) is 136 cm³/mol. The molecule has 182 valence electrons. The molecule has 2 aliphatic carbocycles. The lowest BCUT2D eigenvalue weighted by atomic mass is 9.52. The van der Waals surface area contributed by atoms with E-state index < -0.39 is 12.0 Å². The number of hydrogen-bond acceptors (Lipinski definition) is 6. The van der Waals surface area contributed by atoms with E-state index in [-0.39, 0.29) is 23.6 Å². The number of piperidine rings is 1. The van der Waals surface area contributed by atoms with Gasteiger partial charge in [0.15, 0.2) is 0 Å². The summed E-state index contributed by atoms with van der Waals surface area (Å²) in [6.07, 6.45) is 8.91. The number of aliphatic carboxylic acids is 1. The molecule has 32 heavy (non-hydrogen) atoms. The minimum Gasteiger partial charge on any atom is -0.497 e. The van der Waals surface area contributed by atoms with Gasteiger partial charge in [-0.15, -0.1) is 17.0 Å². The standard InChI is InChI=1S/C18H25NO.C6H13NO3S.BrH/c1-19-10-9-18-8-4-3-5-15(18)17(19)11-13-6-7-14(20-2)12-16(13)18;7-5(6(9)10)4-11-3-1-2-8;/h6-7,12,15,17H,3-5,8-11H2,1-2H3;5,8H,1-4,7H2,(H,9,10);1H/t15-,17-,18-;5-;/m10./s1. The van der Waals surface area contributed by atoms with Gasteiger partial charge in [0.2, 0.25) is 0 Å². The van der Waals surface area contributed by atoms with Gasteiger partial charge in [0, 0.05) is 23.8 Å². The second-order valence-electron chi connectivity index (χ2n) is 9.13. The minimum atomic E-state index is -0.971. The van der Waals surface area contributed by atoms with E-state index in [4.69, 9.17) is 20.7 Å². The lowest BCUT2D eigenvalue weighted by Crippen LogP contribution is -2.59. The van der Waals surface area contributed by atoms with Gasteiger partial charge in [-0.2, -0.15) is 11.8 Å². The van der Waals surface area contributed by atoms with E-state index in [1.165, 1.54) is 56.8 Å². The number of nitrogens with zero attached hydrogens (tertiary/aromatic N) is 1. The Morgan fingerprint density at radius 2 is 2.16 bits per heavy atom. The Labute approximate surface area is 207 Å². The van der Waals surface area contributed by atoms with E-state index >= 15 is 0 Å². The molecule has 1 heterocycles. The normalized spacial score (nSPS) is 27.0. The number of likely N-dealkylation sites (N-methyl/N-ethyl adjacent to an activating group) is 1. The molecule has 1 aliphatic heterocycles. The average molecular weight is 532 g/mol. The maximum Gasteiger partial charge on any atom is 0.321 e. The zero-order chi connectivity index (χ0) is 22.4. The fourth-order valence-electron chi connectivity index (χ4n) is 5.75. The van der Waals surface area contributed by atoms with Crippen molar-refractivity contribution in [1.29, 1.82) is 0 Å². The quantitative estimate of drug-likeness (QED) is 0.464. The highest BCUT2D eigenvalue weighted by Crippen LogP contribution is 2.55. The number of halogens is 1. The number of aliphatic hydroxyl groups is 1. The summed E-state index contributed by atoms with van der Waals surface area (Å²) in [4.78, 5) is 12.8. The number of nitrogens with two attached hydrogens (primary N) is 1. The number of benzene rings is 1. The lowest BCUT2D eigenvalue weighted by Gasteiger charge is -2.58. The Bertz CT molecular complexity index is 753. The van der Waals surface area contributed by atoms with Crippen molar-refractivity contribution in [2.45, 2.75) is 62.4 Å². The first-order valence-electron chi connectivity index (χ1n) is 11.5. The number of thioether (sulfide) groups is 1. The molecule has 4 N–H and O–H groups in total. The number of aliphatic hydroxyl groups excluding tert-OH is 1. The molecule has 3 aliphatic rings. The smallest absolute Gasteiger partial charge is 0.321 e. The van der Waals surface area contributed by atoms with Crippen LogP contribution in [0, 0.1) is 5.92 Å². The SMILES string of the molecule is Br.COc1ccc2c(c1)[C@@]13CCCC[C@@H]1[C@@H](C2)N(C)CC3.N[C@@H](CSCCCO)C(=O)O. The van der Waals surface area contributed by atoms with Crippen LogP contribution in [0.2, 0.25) is 0 Å². The van der Waals surface area contributed by atoms with Gasteiger partial charge in [0.25, 0.3) is 0 Å². The number of carboxylic acids is 1. The number of rotatable bonds is 7. The molecule has 0 aromatic heterocycles. The molecule has 0 spiro atoms. The monoisotopic (exact) mass is 530 g/mol. The van der Waals surface area contributed by atoms with Crippen molar-refractivity contribution in [3.05, 3.63) is 29.3 Å². The van der Waals surface area contributed by atoms with Crippen molar-refractivity contribution < 1.29 is 19.7 Å². The summed E-state index contributed by atoms with van der Waals surface area (Å²) < 4.78 is 5.51. The molecule has 0 amide bonds. The number of likely N-dealkylation sites (tertiary alicyclic amines) is 1. The third kappa shape index (κ3) is 6.00. The number of carbonyl (C=O) groups is 1. The van der Waals surface area contributed by atoms with Crippen molar-refractivity contribution in [3.63, 3.8) is 0 Å². The zero-order valence-electron chi connectivity index (χ0n) is 19.3. The van der Waals surface area contributed by atoms with Crippen LogP contribution in [-0.4, -0.2) is 72.0 Å². The largest absolute Gasteiger partial charge is 0.497 e. The van der Waals surface area contributed by atoms with Crippen LogP contribution < -0.4 is 10.5 Å². The van der Waals surface area contributed by atoms with Crippen LogP contribution >= 0.6 is 28.7 Å². The molecular formula is C24H39BrN2O4S. The zero-order valence-corrected chi connectivity index (χ0v) is 21.8. The maximum absolute atomic E-state index is 10.2. The summed E-state index contributed by atoms with van der Waals surface area (Å²) in [7, 11) is 4.12. The average Bonchev–Trinajstić information content (AvgIpc) is 2.79. The minimum absolute atomic E-state index is 0. The summed E-state index contributed by atoms with van der Waals surface area (Å²) in [5, 5.41) is 16.7. The van der Waals surface area contributed by atoms with E-state index in [9.17, 15) is 4.79 Å². The fraction of sp³-hybridized carbons (Fsp3) is 0.708. The van der Waals surface area contributed by atoms with Gasteiger partial charge in [-0.1, -0.05) is 18.9 Å². The van der Waals surface area contributed by atoms with Gasteiger partial charge in [-0.3, -0.25) is 4.79 Å². The number of carboxylic acid groups (broad SMARTS) is 1. The third-order valence-electron chi connectivity index (χ3n) is 7.38. The molecule has 2 bridgehead atoms. The molecule has 0 unspecified atom stereocenters. The maximum atomic E-state index is 10.2. The lowest BCUT2D eigenvalue weighted by molar-refractivity contribution is -0.137. The molecule has 1 saturated carbocycles. The van der Waals surface area contributed by atoms with E-state index in [2.05, 4.69) is 30.1 Å². The van der Waals surface area contributed by atoms with E-state index in [1.807, 2.05) is 0 Å². The van der Waals surface area contributed by atoms with Crippen LogP contribution in [-0.2, 0) is 16.6 Å². The van der Waals surface area contributed by atoms with Crippen molar-refractivity contribution in [1.82, 2.24) is 4.90 Å². The molecule has 4 atom stereocenters. The fourth-order valence-corrected chi connectivity index (χ4v) is 6.65. The Balaban J connectivity index is 0.000000263. The van der Waals surface area contributed by atoms with Crippen molar-refractivity contribution in [2.75, 3.05) is 38.8 Å². The van der Waals surface area contributed by atoms with Crippen LogP contribution in [0.25, 0.3) is 0 Å². The molecular weight excluding hydrogens is 492 g/mol. The second kappa shape index (κ2) is 12.6. The summed E-state index contributed by atoms with van der Waals surface area (Å²) in [5.74, 6) is 2.11. The highest BCUT2D eigenvalue weighted by Gasteiger charge is 2.53. The number of fused-ring (bicyclic) bond motifs is 1. The van der Waals surface area contributed by atoms with Crippen LogP contribution in [0.4, 0.5) is 0 Å². The number of ether oxygens (including phenoxy) is 1. The van der Waals surface area contributed by atoms with Gasteiger partial charge < -0.3 is 25.6 Å². The molecule has 6 nitrogen and oxygen atoms in total. The van der Waals surface area contributed by atoms with Crippen LogP contribution in [0.15, 0.2) is 18.2 Å². The van der Waals surface area contributed by atoms with Gasteiger partial charge in [0.05, 0.1) is 7.11 Å². The Morgan fingerprint density at radius 3 is 2.84 bits per heavy atom. The van der Waals surface area contributed by atoms with E-state index in [1.54, 1.807) is 18.2 Å². The molecule has 2 fully saturated rings. The summed E-state index contributed by atoms with van der Waals surface area (Å²) in [5.41, 5.74) is 8.89. The molecule has 1 aromatic rings. The topological polar surface area (TPSA) is 96.0 Å². The highest BCUT2D eigenvalue weighted by atomic mass is 79.9. The van der Waals surface area contributed by atoms with Gasteiger partial charge in [-0.25, -0.2) is 0 Å². The molecule has 1 aromatic carbocycles. The summed E-state index contributed by atoms with van der Waals surface area (Å²) in [6, 6.07) is 6.82. The van der Waals surface area contributed by atoms with Crippen LogP contribution in [0.1, 0.15) is 49.7 Å². The van der Waals surface area contributed by atoms with Crippen molar-refractivity contribution in [2.24, 2.45) is 11.7 Å². The number of hydrogen-bond donors (Lipinski definition) is 3. The van der Waals surface area contributed by atoms with Crippen molar-refractivity contribution in [3.8, 4) is 5.75 Å². The first-order valence-corrected chi connectivity index (χ1v) is 12.6. The van der Waals surface area contributed by atoms with E-state index in [0.29, 0.717) is 17.6 Å². The van der Waals surface area contributed by atoms with Crippen LogP contribution in [0.5, 0.6) is 5.75 Å². The second-order valence-corrected chi connectivity index (χ2v) is 10.3. The summed E-state index contributed by atoms with van der Waals surface area (Å²) in [6.45, 7) is 1.41. The van der Waals surface area contributed by atoms with Gasteiger partial charge >= 0.3 is 5.97 Å². The first kappa shape index (κ1) is 27.4. The van der Waals surface area contributed by atoms with Crippen LogP contribution in [0.3, 0.4) is 0 Å². The Morgan fingerprint density at radius 1 is 1.38 bits per heavy atom. The van der Waals surface area contributed by atoms with E-state index in [0.717, 1.165) is 23.5 Å².